The summed E-state index contributed by atoms with van der Waals surface area (Å²) in [7, 11) is 0. The Kier molecular flexibility index (Phi) is 6.49. The Bertz CT molecular complexity index is 430. The van der Waals surface area contributed by atoms with Gasteiger partial charge in [0.15, 0.2) is 0 Å². The van der Waals surface area contributed by atoms with Gasteiger partial charge in [-0.15, -0.1) is 0 Å². The molecule has 0 unspecified atom stereocenters. The van der Waals surface area contributed by atoms with Crippen LogP contribution in [0.5, 0.6) is 0 Å². The molecule has 1 heterocycles. The number of rotatable bonds is 7. The predicted octanol–water partition coefficient (Wildman–Crippen LogP) is 3.81. The minimum atomic E-state index is 0.536. The highest BCUT2D eigenvalue weighted by atomic mass is 32.2. The van der Waals surface area contributed by atoms with Crippen molar-refractivity contribution >= 4 is 11.8 Å². The molecule has 1 aromatic rings. The average molecular weight is 308 g/mol. The maximum atomic E-state index is 4.73. The van der Waals surface area contributed by atoms with E-state index in [1.165, 1.54) is 31.2 Å². The Balaban J connectivity index is 1.92. The van der Waals surface area contributed by atoms with E-state index in [0.717, 1.165) is 41.2 Å². The summed E-state index contributed by atoms with van der Waals surface area (Å²) in [4.78, 5) is 9.47. The van der Waals surface area contributed by atoms with Crippen LogP contribution in [0.25, 0.3) is 0 Å². The van der Waals surface area contributed by atoms with Crippen molar-refractivity contribution < 1.29 is 0 Å². The third-order valence-electron chi connectivity index (χ3n) is 4.14. The zero-order valence-electron chi connectivity index (χ0n) is 13.9. The number of hydrogen-bond acceptors (Lipinski definition) is 4. The smallest absolute Gasteiger partial charge is 0.138 e. The Morgan fingerprint density at radius 1 is 1.14 bits per heavy atom. The van der Waals surface area contributed by atoms with Gasteiger partial charge in [0.25, 0.3) is 0 Å². The molecule has 0 aromatic carbocycles. The molecule has 1 aliphatic carbocycles. The first-order valence-corrected chi connectivity index (χ1v) is 9.29. The highest BCUT2D eigenvalue weighted by Gasteiger charge is 2.16. The minimum absolute atomic E-state index is 0.536. The molecule has 1 aliphatic rings. The fraction of sp³-hybridized carbons (Fsp3) is 0.765. The Hall–Kier alpha value is -0.610. The lowest BCUT2D eigenvalue weighted by molar-refractivity contribution is 0.587. The maximum Gasteiger partial charge on any atom is 0.138 e. The average Bonchev–Trinajstić information content (AvgIpc) is 2.92. The van der Waals surface area contributed by atoms with Crippen LogP contribution < -0.4 is 5.32 Å². The van der Waals surface area contributed by atoms with Crippen LogP contribution in [0.4, 0.5) is 0 Å². The zero-order chi connectivity index (χ0) is 15.2. The summed E-state index contributed by atoms with van der Waals surface area (Å²) < 4.78 is 0. The van der Waals surface area contributed by atoms with E-state index in [4.69, 9.17) is 9.97 Å². The molecule has 0 bridgehead atoms. The fourth-order valence-electron chi connectivity index (χ4n) is 2.97. The van der Waals surface area contributed by atoms with Gasteiger partial charge in [0.05, 0.1) is 5.75 Å². The first-order chi connectivity index (χ1) is 10.1. The van der Waals surface area contributed by atoms with Crippen molar-refractivity contribution in [2.24, 2.45) is 0 Å². The number of aryl methyl sites for hydroxylation is 2. The minimum Gasteiger partial charge on any atom is -0.314 e. The summed E-state index contributed by atoms with van der Waals surface area (Å²) in [6, 6.07) is 0.536. The number of aromatic nitrogens is 2. The molecule has 0 spiro atoms. The van der Waals surface area contributed by atoms with E-state index in [2.05, 4.69) is 33.0 Å². The summed E-state index contributed by atoms with van der Waals surface area (Å²) in [5, 5.41) is 4.30. The van der Waals surface area contributed by atoms with E-state index in [0.29, 0.717) is 6.04 Å². The van der Waals surface area contributed by atoms with Gasteiger partial charge in [-0.3, -0.25) is 0 Å². The second-order valence-corrected chi connectivity index (χ2v) is 7.65. The molecule has 0 amide bonds. The van der Waals surface area contributed by atoms with E-state index in [-0.39, 0.29) is 0 Å². The fourth-order valence-corrected chi connectivity index (χ4v) is 4.15. The molecule has 21 heavy (non-hydrogen) atoms. The normalized spacial score (nSPS) is 16.0. The molecule has 1 N–H and O–H groups in total. The summed E-state index contributed by atoms with van der Waals surface area (Å²) in [5.41, 5.74) is 3.64. The van der Waals surface area contributed by atoms with Crippen LogP contribution in [-0.4, -0.2) is 27.8 Å². The molecule has 0 radical (unpaired) electrons. The van der Waals surface area contributed by atoms with E-state index in [1.54, 1.807) is 0 Å². The van der Waals surface area contributed by atoms with Gasteiger partial charge < -0.3 is 5.32 Å². The standard InChI is InChI=1S/C17H29N3S/c1-12(2)18-10-9-16-13(3)19-17(20-14(16)4)11-21-15-7-5-6-8-15/h12,15,18H,5-11H2,1-4H3. The van der Waals surface area contributed by atoms with Crippen LogP contribution >= 0.6 is 11.8 Å². The summed E-state index contributed by atoms with van der Waals surface area (Å²) in [5.74, 6) is 1.99. The predicted molar refractivity (Wildman–Crippen MR) is 91.9 cm³/mol. The van der Waals surface area contributed by atoms with Crippen molar-refractivity contribution in [1.82, 2.24) is 15.3 Å². The summed E-state index contributed by atoms with van der Waals surface area (Å²) in [6.07, 6.45) is 6.58. The number of nitrogens with one attached hydrogen (secondary N) is 1. The molecule has 1 aromatic heterocycles. The first-order valence-electron chi connectivity index (χ1n) is 8.24. The Morgan fingerprint density at radius 3 is 2.33 bits per heavy atom. The van der Waals surface area contributed by atoms with Crippen LogP contribution in [0.2, 0.25) is 0 Å². The third kappa shape index (κ3) is 5.26. The number of thioether (sulfide) groups is 1. The van der Waals surface area contributed by atoms with Gasteiger partial charge in [0.2, 0.25) is 0 Å². The first kappa shape index (κ1) is 16.8. The third-order valence-corrected chi connectivity index (χ3v) is 5.51. The Labute approximate surface area is 133 Å². The lowest BCUT2D eigenvalue weighted by Crippen LogP contribution is -2.25. The number of hydrogen-bond donors (Lipinski definition) is 1. The molecule has 2 rings (SSSR count). The van der Waals surface area contributed by atoms with Gasteiger partial charge in [0, 0.05) is 22.7 Å². The van der Waals surface area contributed by atoms with E-state index in [1.807, 2.05) is 11.8 Å². The zero-order valence-corrected chi connectivity index (χ0v) is 14.7. The second-order valence-electron chi connectivity index (χ2n) is 6.37. The van der Waals surface area contributed by atoms with E-state index < -0.39 is 0 Å². The van der Waals surface area contributed by atoms with Crippen molar-refractivity contribution in [3.8, 4) is 0 Å². The van der Waals surface area contributed by atoms with Gasteiger partial charge in [-0.25, -0.2) is 9.97 Å². The topological polar surface area (TPSA) is 37.8 Å². The van der Waals surface area contributed by atoms with Crippen molar-refractivity contribution in [3.05, 3.63) is 22.8 Å². The van der Waals surface area contributed by atoms with Crippen LogP contribution in [0.15, 0.2) is 0 Å². The van der Waals surface area contributed by atoms with Gasteiger partial charge >= 0.3 is 0 Å². The molecule has 1 fully saturated rings. The molecule has 3 nitrogen and oxygen atoms in total. The summed E-state index contributed by atoms with van der Waals surface area (Å²) >= 11 is 2.04. The Morgan fingerprint density at radius 2 is 1.76 bits per heavy atom. The van der Waals surface area contributed by atoms with Crippen LogP contribution in [0, 0.1) is 13.8 Å². The molecule has 4 heteroatoms. The molecule has 0 aliphatic heterocycles. The second kappa shape index (κ2) is 8.14. The van der Waals surface area contributed by atoms with E-state index >= 15 is 0 Å². The van der Waals surface area contributed by atoms with Gasteiger partial charge in [-0.05, 0) is 45.2 Å². The van der Waals surface area contributed by atoms with Gasteiger partial charge in [0.1, 0.15) is 5.82 Å². The highest BCUT2D eigenvalue weighted by molar-refractivity contribution is 7.99. The molecular weight excluding hydrogens is 278 g/mol. The molecule has 0 atom stereocenters. The molecule has 118 valence electrons. The molecule has 1 saturated carbocycles. The molecular formula is C17H29N3S. The maximum absolute atomic E-state index is 4.73. The SMILES string of the molecule is Cc1nc(CSC2CCCC2)nc(C)c1CCNC(C)C. The van der Waals surface area contributed by atoms with Crippen molar-refractivity contribution in [2.45, 2.75) is 76.8 Å². The monoisotopic (exact) mass is 307 g/mol. The largest absolute Gasteiger partial charge is 0.314 e. The molecule has 0 saturated heterocycles. The lowest BCUT2D eigenvalue weighted by atomic mass is 10.1. The van der Waals surface area contributed by atoms with E-state index in [9.17, 15) is 0 Å². The van der Waals surface area contributed by atoms with Crippen molar-refractivity contribution in [1.29, 1.82) is 0 Å². The van der Waals surface area contributed by atoms with Crippen LogP contribution in [0.3, 0.4) is 0 Å². The van der Waals surface area contributed by atoms with Crippen LogP contribution in [-0.2, 0) is 12.2 Å². The van der Waals surface area contributed by atoms with Gasteiger partial charge in [-0.2, -0.15) is 11.8 Å². The summed E-state index contributed by atoms with van der Waals surface area (Å²) in [6.45, 7) is 9.62. The van der Waals surface area contributed by atoms with Crippen LogP contribution in [0.1, 0.15) is 62.3 Å². The highest BCUT2D eigenvalue weighted by Crippen LogP contribution is 2.31. The van der Waals surface area contributed by atoms with Crippen molar-refractivity contribution in [3.63, 3.8) is 0 Å². The number of nitrogens with zero attached hydrogens (tertiary/aromatic N) is 2. The van der Waals surface area contributed by atoms with Crippen molar-refractivity contribution in [2.75, 3.05) is 6.54 Å². The quantitative estimate of drug-likeness (QED) is 0.831. The van der Waals surface area contributed by atoms with Gasteiger partial charge in [-0.1, -0.05) is 26.7 Å². The lowest BCUT2D eigenvalue weighted by Gasteiger charge is -2.13.